The molecule has 0 radical (unpaired) electrons. The number of piperidine rings is 1. The molecular formula is C15H22ClN3O3. The van der Waals surface area contributed by atoms with Gasteiger partial charge in [0, 0.05) is 30.8 Å². The molecule has 1 aromatic carbocycles. The molecule has 1 amide bonds. The highest BCUT2D eigenvalue weighted by molar-refractivity contribution is 5.96. The monoisotopic (exact) mass is 327 g/mol. The smallest absolute Gasteiger partial charge is 0.270 e. The summed E-state index contributed by atoms with van der Waals surface area (Å²) in [6, 6.07) is 4.44. The zero-order chi connectivity index (χ0) is 15.4. The van der Waals surface area contributed by atoms with E-state index in [-0.39, 0.29) is 24.0 Å². The molecule has 0 aromatic heterocycles. The summed E-state index contributed by atoms with van der Waals surface area (Å²) < 4.78 is 0. The first-order chi connectivity index (χ1) is 10.0. The van der Waals surface area contributed by atoms with Crippen molar-refractivity contribution in [3.8, 4) is 0 Å². The number of rotatable bonds is 4. The first kappa shape index (κ1) is 18.4. The van der Waals surface area contributed by atoms with Crippen LogP contribution in [-0.4, -0.2) is 35.4 Å². The third-order valence-corrected chi connectivity index (χ3v) is 4.04. The topological polar surface area (TPSA) is 89.5 Å². The number of nitrogens with two attached hydrogens (primary N) is 1. The number of nitro benzene ring substituents is 1. The minimum Gasteiger partial charge on any atom is -0.338 e. The molecule has 1 aliphatic rings. The van der Waals surface area contributed by atoms with Gasteiger partial charge < -0.3 is 10.6 Å². The average molecular weight is 328 g/mol. The molecule has 6 nitrogen and oxygen atoms in total. The van der Waals surface area contributed by atoms with Crippen LogP contribution in [0.25, 0.3) is 0 Å². The van der Waals surface area contributed by atoms with Crippen molar-refractivity contribution < 1.29 is 9.72 Å². The Labute approximate surface area is 136 Å². The van der Waals surface area contributed by atoms with Crippen LogP contribution in [0.1, 0.15) is 35.2 Å². The second-order valence-electron chi connectivity index (χ2n) is 5.59. The van der Waals surface area contributed by atoms with Crippen molar-refractivity contribution in [2.75, 3.05) is 19.6 Å². The molecule has 0 aliphatic carbocycles. The predicted octanol–water partition coefficient (Wildman–Crippen LogP) is 2.53. The number of benzene rings is 1. The van der Waals surface area contributed by atoms with Crippen molar-refractivity contribution in [1.82, 2.24) is 4.90 Å². The van der Waals surface area contributed by atoms with E-state index in [1.54, 1.807) is 17.9 Å². The van der Waals surface area contributed by atoms with Gasteiger partial charge >= 0.3 is 0 Å². The Morgan fingerprint density at radius 1 is 1.50 bits per heavy atom. The Kier molecular flexibility index (Phi) is 6.77. The Hall–Kier alpha value is -1.66. The molecule has 1 atom stereocenters. The summed E-state index contributed by atoms with van der Waals surface area (Å²) in [5.41, 5.74) is 6.75. The average Bonchev–Trinajstić information content (AvgIpc) is 2.47. The fraction of sp³-hybridized carbons (Fsp3) is 0.533. The zero-order valence-electron chi connectivity index (χ0n) is 12.7. The Morgan fingerprint density at radius 2 is 2.23 bits per heavy atom. The molecule has 22 heavy (non-hydrogen) atoms. The van der Waals surface area contributed by atoms with Crippen molar-refractivity contribution >= 4 is 24.0 Å². The van der Waals surface area contributed by atoms with Crippen LogP contribution in [0.3, 0.4) is 0 Å². The number of amides is 1. The van der Waals surface area contributed by atoms with Gasteiger partial charge in [-0.25, -0.2) is 0 Å². The van der Waals surface area contributed by atoms with Gasteiger partial charge in [-0.2, -0.15) is 0 Å². The molecule has 0 bridgehead atoms. The lowest BCUT2D eigenvalue weighted by atomic mass is 9.94. The van der Waals surface area contributed by atoms with Gasteiger partial charge in [0.05, 0.1) is 4.92 Å². The van der Waals surface area contributed by atoms with Crippen LogP contribution in [0.4, 0.5) is 5.69 Å². The maximum atomic E-state index is 12.6. The summed E-state index contributed by atoms with van der Waals surface area (Å²) in [6.45, 7) is 3.83. The first-order valence-electron chi connectivity index (χ1n) is 7.27. The lowest BCUT2D eigenvalue weighted by Crippen LogP contribution is -2.40. The van der Waals surface area contributed by atoms with E-state index in [1.165, 1.54) is 12.1 Å². The Balaban J connectivity index is 0.00000242. The number of aryl methyl sites for hydroxylation is 1. The van der Waals surface area contributed by atoms with Gasteiger partial charge in [0.25, 0.3) is 11.6 Å². The fourth-order valence-electron chi connectivity index (χ4n) is 2.85. The Morgan fingerprint density at radius 3 is 2.86 bits per heavy atom. The number of likely N-dealkylation sites (tertiary alicyclic amines) is 1. The van der Waals surface area contributed by atoms with Crippen LogP contribution in [0.5, 0.6) is 0 Å². The van der Waals surface area contributed by atoms with Crippen LogP contribution < -0.4 is 5.73 Å². The normalized spacial score (nSPS) is 17.7. The summed E-state index contributed by atoms with van der Waals surface area (Å²) in [6.07, 6.45) is 2.97. The summed E-state index contributed by atoms with van der Waals surface area (Å²) in [5.74, 6) is 0.324. The second-order valence-corrected chi connectivity index (χ2v) is 5.59. The lowest BCUT2D eigenvalue weighted by molar-refractivity contribution is -0.384. The number of carbonyl (C=O) groups is 1. The van der Waals surface area contributed by atoms with Crippen molar-refractivity contribution in [2.45, 2.75) is 26.2 Å². The van der Waals surface area contributed by atoms with Gasteiger partial charge in [-0.15, -0.1) is 12.4 Å². The van der Waals surface area contributed by atoms with Crippen molar-refractivity contribution in [3.05, 3.63) is 39.4 Å². The van der Waals surface area contributed by atoms with E-state index < -0.39 is 4.92 Å². The zero-order valence-corrected chi connectivity index (χ0v) is 13.5. The van der Waals surface area contributed by atoms with Crippen LogP contribution >= 0.6 is 12.4 Å². The maximum Gasteiger partial charge on any atom is 0.270 e. The first-order valence-corrected chi connectivity index (χ1v) is 7.27. The summed E-state index contributed by atoms with van der Waals surface area (Å²) in [7, 11) is 0. The lowest BCUT2D eigenvalue weighted by Gasteiger charge is -2.33. The van der Waals surface area contributed by atoms with Gasteiger partial charge in [0.1, 0.15) is 0 Å². The number of hydrogen-bond donors (Lipinski definition) is 1. The number of nitro groups is 1. The number of non-ortho nitro benzene ring substituents is 1. The predicted molar refractivity (Wildman–Crippen MR) is 87.4 cm³/mol. The SMILES string of the molecule is Cc1ccc([N+](=O)[O-])cc1C(=O)N1CCCC(CCN)C1.Cl. The van der Waals surface area contributed by atoms with Gasteiger partial charge in [-0.05, 0) is 44.2 Å². The number of hydrogen-bond acceptors (Lipinski definition) is 4. The van der Waals surface area contributed by atoms with E-state index in [0.29, 0.717) is 31.1 Å². The van der Waals surface area contributed by atoms with Crippen LogP contribution in [0.15, 0.2) is 18.2 Å². The minimum absolute atomic E-state index is 0. The van der Waals surface area contributed by atoms with Gasteiger partial charge in [-0.3, -0.25) is 14.9 Å². The molecule has 1 saturated heterocycles. The van der Waals surface area contributed by atoms with Crippen LogP contribution in [0, 0.1) is 23.0 Å². The van der Waals surface area contributed by atoms with Gasteiger partial charge in [0.15, 0.2) is 0 Å². The second kappa shape index (κ2) is 8.10. The molecule has 1 fully saturated rings. The molecular weight excluding hydrogens is 306 g/mol. The van der Waals surface area contributed by atoms with E-state index in [1.807, 2.05) is 0 Å². The standard InChI is InChI=1S/C15H21N3O3.ClH/c1-11-4-5-13(18(20)21)9-14(11)15(19)17-8-2-3-12(10-17)6-7-16;/h4-5,9,12H,2-3,6-8,10,16H2,1H3;1H. The quantitative estimate of drug-likeness (QED) is 0.679. The van der Waals surface area contributed by atoms with Crippen molar-refractivity contribution in [3.63, 3.8) is 0 Å². The van der Waals surface area contributed by atoms with E-state index in [9.17, 15) is 14.9 Å². The molecule has 2 N–H and O–H groups in total. The molecule has 7 heteroatoms. The van der Waals surface area contributed by atoms with E-state index in [2.05, 4.69) is 0 Å². The summed E-state index contributed by atoms with van der Waals surface area (Å²) in [5, 5.41) is 10.9. The third kappa shape index (κ3) is 4.18. The molecule has 1 heterocycles. The third-order valence-electron chi connectivity index (χ3n) is 4.04. The number of carbonyl (C=O) groups excluding carboxylic acids is 1. The fourth-order valence-corrected chi connectivity index (χ4v) is 2.85. The number of nitrogens with zero attached hydrogens (tertiary/aromatic N) is 2. The molecule has 122 valence electrons. The molecule has 1 aromatic rings. The van der Waals surface area contributed by atoms with E-state index in [4.69, 9.17) is 5.73 Å². The highest BCUT2D eigenvalue weighted by atomic mass is 35.5. The molecule has 1 unspecified atom stereocenters. The van der Waals surface area contributed by atoms with Crippen molar-refractivity contribution in [1.29, 1.82) is 0 Å². The van der Waals surface area contributed by atoms with E-state index >= 15 is 0 Å². The van der Waals surface area contributed by atoms with Gasteiger partial charge in [-0.1, -0.05) is 6.07 Å². The Bertz CT molecular complexity index is 549. The molecule has 0 saturated carbocycles. The maximum absolute atomic E-state index is 12.6. The molecule has 2 rings (SSSR count). The van der Waals surface area contributed by atoms with Crippen molar-refractivity contribution in [2.24, 2.45) is 11.7 Å². The minimum atomic E-state index is -0.469. The molecule has 1 aliphatic heterocycles. The summed E-state index contributed by atoms with van der Waals surface area (Å²) >= 11 is 0. The number of halogens is 1. The highest BCUT2D eigenvalue weighted by Crippen LogP contribution is 2.23. The summed E-state index contributed by atoms with van der Waals surface area (Å²) in [4.78, 5) is 24.8. The van der Waals surface area contributed by atoms with Gasteiger partial charge in [0.2, 0.25) is 0 Å². The highest BCUT2D eigenvalue weighted by Gasteiger charge is 2.25. The van der Waals surface area contributed by atoms with Crippen LogP contribution in [0.2, 0.25) is 0 Å². The van der Waals surface area contributed by atoms with Crippen LogP contribution in [-0.2, 0) is 0 Å². The van der Waals surface area contributed by atoms with E-state index in [0.717, 1.165) is 24.8 Å². The largest absolute Gasteiger partial charge is 0.338 e. The molecule has 0 spiro atoms.